The normalized spacial score (nSPS) is 17.1. The van der Waals surface area contributed by atoms with Crippen LogP contribution in [0.4, 0.5) is 8.78 Å². The van der Waals surface area contributed by atoms with Gasteiger partial charge in [0, 0.05) is 46.2 Å². The number of H-pyrrole nitrogens is 1. The van der Waals surface area contributed by atoms with Gasteiger partial charge in [0.05, 0.1) is 19.3 Å². The number of thiazole rings is 1. The van der Waals surface area contributed by atoms with E-state index in [0.29, 0.717) is 39.5 Å². The minimum Gasteiger partial charge on any atom is -0.496 e. The summed E-state index contributed by atoms with van der Waals surface area (Å²) in [5.41, 5.74) is 6.18. The number of hydrogen-bond acceptors (Lipinski definition) is 7. The van der Waals surface area contributed by atoms with E-state index in [2.05, 4.69) is 44.1 Å². The van der Waals surface area contributed by atoms with Crippen molar-refractivity contribution in [3.8, 4) is 22.9 Å². The SMILES string of the molecule is COc1ccc(F)cc1-c1c(F)cnc2[nH]c(C3CCN(CCCc4cccc5c4CCN(C(=O)/C(C#N)=C/c4nccs4)C5C)CC3)cc12. The average Bonchev–Trinajstić information content (AvgIpc) is 3.81. The van der Waals surface area contributed by atoms with E-state index in [1.807, 2.05) is 18.4 Å². The Hall–Kier alpha value is -4.92. The first-order valence-corrected chi connectivity index (χ1v) is 17.9. The molecule has 0 bridgehead atoms. The number of aryl methyl sites for hydroxylation is 1. The molecule has 1 amide bonds. The molecule has 2 aliphatic heterocycles. The summed E-state index contributed by atoms with van der Waals surface area (Å²) in [5.74, 6) is -0.536. The predicted octanol–water partition coefficient (Wildman–Crippen LogP) is 7.84. The Kier molecular flexibility index (Phi) is 9.74. The van der Waals surface area contributed by atoms with Crippen LogP contribution < -0.4 is 4.74 Å². The minimum atomic E-state index is -0.519. The van der Waals surface area contributed by atoms with Gasteiger partial charge in [0.15, 0.2) is 0 Å². The number of fused-ring (bicyclic) bond motifs is 2. The average molecular weight is 693 g/mol. The Morgan fingerprint density at radius 3 is 2.76 bits per heavy atom. The Labute approximate surface area is 294 Å². The molecule has 5 aromatic rings. The van der Waals surface area contributed by atoms with Crippen LogP contribution in [0.25, 0.3) is 28.2 Å². The zero-order chi connectivity index (χ0) is 34.8. The molecule has 0 spiro atoms. The van der Waals surface area contributed by atoms with Crippen molar-refractivity contribution >= 4 is 34.4 Å². The van der Waals surface area contributed by atoms with E-state index in [4.69, 9.17) is 4.74 Å². The molecule has 11 heteroatoms. The fourth-order valence-corrected chi connectivity index (χ4v) is 8.15. The van der Waals surface area contributed by atoms with Crippen LogP contribution in [-0.4, -0.2) is 63.9 Å². The van der Waals surface area contributed by atoms with Crippen LogP contribution in [0.5, 0.6) is 5.75 Å². The lowest BCUT2D eigenvalue weighted by Crippen LogP contribution is -2.39. The van der Waals surface area contributed by atoms with Gasteiger partial charge in [-0.3, -0.25) is 4.79 Å². The van der Waals surface area contributed by atoms with Gasteiger partial charge >= 0.3 is 0 Å². The first kappa shape index (κ1) is 33.6. The number of pyridine rings is 1. The number of hydrogen-bond donors (Lipinski definition) is 1. The lowest BCUT2D eigenvalue weighted by Gasteiger charge is -2.36. The number of nitriles is 1. The van der Waals surface area contributed by atoms with Crippen molar-refractivity contribution in [1.29, 1.82) is 5.26 Å². The largest absolute Gasteiger partial charge is 0.496 e. The van der Waals surface area contributed by atoms with Crippen LogP contribution in [0, 0.1) is 23.0 Å². The first-order chi connectivity index (χ1) is 24.3. The first-order valence-electron chi connectivity index (χ1n) is 17.0. The number of halogens is 2. The van der Waals surface area contributed by atoms with Gasteiger partial charge in [-0.2, -0.15) is 5.26 Å². The van der Waals surface area contributed by atoms with Crippen LogP contribution >= 0.6 is 11.3 Å². The third-order valence-corrected chi connectivity index (χ3v) is 10.9. The van der Waals surface area contributed by atoms with Crippen molar-refractivity contribution in [3.05, 3.63) is 105 Å². The van der Waals surface area contributed by atoms with E-state index in [0.717, 1.165) is 63.0 Å². The number of ether oxygens (including phenoxy) is 1. The number of benzene rings is 2. The molecular formula is C39H38F2N6O2S. The van der Waals surface area contributed by atoms with Gasteiger partial charge in [0.2, 0.25) is 0 Å². The van der Waals surface area contributed by atoms with Crippen LogP contribution in [0.3, 0.4) is 0 Å². The maximum atomic E-state index is 15.2. The van der Waals surface area contributed by atoms with Gasteiger partial charge in [0.25, 0.3) is 5.91 Å². The van der Waals surface area contributed by atoms with Crippen LogP contribution in [0.2, 0.25) is 0 Å². The topological polar surface area (TPSA) is 98.1 Å². The molecule has 1 fully saturated rings. The number of nitrogens with one attached hydrogen (secondary N) is 1. The molecule has 1 atom stereocenters. The van der Waals surface area contributed by atoms with Gasteiger partial charge in [0.1, 0.15) is 39.7 Å². The van der Waals surface area contributed by atoms with Gasteiger partial charge < -0.3 is 19.5 Å². The van der Waals surface area contributed by atoms with E-state index in [-0.39, 0.29) is 23.4 Å². The van der Waals surface area contributed by atoms with Gasteiger partial charge in [-0.25, -0.2) is 18.7 Å². The molecule has 0 aliphatic carbocycles. The van der Waals surface area contributed by atoms with E-state index in [1.165, 1.54) is 54.0 Å². The molecule has 1 saturated heterocycles. The number of aromatic amines is 1. The summed E-state index contributed by atoms with van der Waals surface area (Å²) in [7, 11) is 1.49. The number of aromatic nitrogens is 3. The van der Waals surface area contributed by atoms with E-state index in [9.17, 15) is 14.4 Å². The quantitative estimate of drug-likeness (QED) is 0.125. The van der Waals surface area contributed by atoms with Crippen LogP contribution in [0.15, 0.2) is 65.8 Å². The number of methoxy groups -OCH3 is 1. The Morgan fingerprint density at radius 1 is 1.16 bits per heavy atom. The maximum absolute atomic E-state index is 15.2. The van der Waals surface area contributed by atoms with Crippen molar-refractivity contribution in [1.82, 2.24) is 24.8 Å². The molecule has 5 heterocycles. The van der Waals surface area contributed by atoms with Gasteiger partial charge in [-0.05, 0) is 106 Å². The molecule has 2 aromatic carbocycles. The zero-order valence-corrected chi connectivity index (χ0v) is 28.9. The molecule has 1 N–H and O–H groups in total. The van der Waals surface area contributed by atoms with Crippen LogP contribution in [0.1, 0.15) is 65.5 Å². The Balaban J connectivity index is 0.968. The third kappa shape index (κ3) is 6.65. The highest BCUT2D eigenvalue weighted by molar-refractivity contribution is 7.10. The number of carbonyl (C=O) groups is 1. The third-order valence-electron chi connectivity index (χ3n) is 10.2. The second-order valence-electron chi connectivity index (χ2n) is 13.0. The number of rotatable bonds is 9. The monoisotopic (exact) mass is 692 g/mol. The standard InChI is InChI=1S/C39H38F2N6O2S/c1-24-29-7-3-5-25(30(29)12-17-47(24)39(48)27(22-42)19-36-43-13-18-50-36)6-4-14-46-15-10-26(11-16-46)34-21-32-37(33(41)23-44-38(32)45-34)31-20-28(40)8-9-35(31)49-2/h3,5,7-9,13,18-21,23-24,26H,4,6,10-12,14-17H2,1-2H3,(H,44,45)/b27-19+. The minimum absolute atomic E-state index is 0.111. The molecule has 2 aliphatic rings. The molecule has 8 nitrogen and oxygen atoms in total. The molecular weight excluding hydrogens is 655 g/mol. The number of carbonyl (C=O) groups excluding carboxylic acids is 1. The Morgan fingerprint density at radius 2 is 2.00 bits per heavy atom. The second-order valence-corrected chi connectivity index (χ2v) is 13.9. The van der Waals surface area contributed by atoms with Crippen molar-refractivity contribution in [3.63, 3.8) is 0 Å². The van der Waals surface area contributed by atoms with E-state index < -0.39 is 11.6 Å². The second kappa shape index (κ2) is 14.5. The molecule has 0 saturated carbocycles. The summed E-state index contributed by atoms with van der Waals surface area (Å²) in [6.45, 7) is 5.53. The predicted molar refractivity (Wildman–Crippen MR) is 191 cm³/mol. The van der Waals surface area contributed by atoms with Crippen molar-refractivity contribution in [2.75, 3.05) is 33.3 Å². The molecule has 256 valence electrons. The number of amides is 1. The number of piperidine rings is 1. The smallest absolute Gasteiger partial charge is 0.265 e. The number of nitrogens with zero attached hydrogens (tertiary/aromatic N) is 5. The summed E-state index contributed by atoms with van der Waals surface area (Å²) in [6.07, 6.45) is 9.12. The summed E-state index contributed by atoms with van der Waals surface area (Å²) < 4.78 is 34.8. The molecule has 50 heavy (non-hydrogen) atoms. The molecule has 1 unspecified atom stereocenters. The Bertz CT molecular complexity index is 2100. The fraction of sp³-hybridized carbons (Fsp3) is 0.333. The molecule has 3 aromatic heterocycles. The van der Waals surface area contributed by atoms with Gasteiger partial charge in [-0.15, -0.1) is 11.3 Å². The maximum Gasteiger partial charge on any atom is 0.265 e. The summed E-state index contributed by atoms with van der Waals surface area (Å²) in [4.78, 5) is 29.6. The molecule has 7 rings (SSSR count). The number of likely N-dealkylation sites (tertiary alicyclic amines) is 1. The highest BCUT2D eigenvalue weighted by atomic mass is 32.1. The lowest BCUT2D eigenvalue weighted by molar-refractivity contribution is -0.129. The van der Waals surface area contributed by atoms with Crippen LogP contribution in [-0.2, 0) is 17.6 Å². The highest BCUT2D eigenvalue weighted by Crippen LogP contribution is 2.39. The molecule has 0 radical (unpaired) electrons. The van der Waals surface area contributed by atoms with Gasteiger partial charge in [-0.1, -0.05) is 18.2 Å². The van der Waals surface area contributed by atoms with E-state index >= 15 is 4.39 Å². The van der Waals surface area contributed by atoms with E-state index in [1.54, 1.807) is 17.2 Å². The van der Waals surface area contributed by atoms with Crippen molar-refractivity contribution in [2.24, 2.45) is 0 Å². The summed E-state index contributed by atoms with van der Waals surface area (Å²) in [6, 6.07) is 14.4. The lowest BCUT2D eigenvalue weighted by atomic mass is 9.87. The summed E-state index contributed by atoms with van der Waals surface area (Å²) >= 11 is 1.40. The van der Waals surface area contributed by atoms with Crippen molar-refractivity contribution < 1.29 is 18.3 Å². The fourth-order valence-electron chi connectivity index (χ4n) is 7.58. The highest BCUT2D eigenvalue weighted by Gasteiger charge is 2.31. The summed E-state index contributed by atoms with van der Waals surface area (Å²) in [5, 5.41) is 12.8. The van der Waals surface area contributed by atoms with Crippen molar-refractivity contribution in [2.45, 2.75) is 51.0 Å². The zero-order valence-electron chi connectivity index (χ0n) is 28.1.